The van der Waals surface area contributed by atoms with E-state index >= 15 is 0 Å². The van der Waals surface area contributed by atoms with Gasteiger partial charge in [-0.05, 0) is 84.3 Å². The van der Waals surface area contributed by atoms with Crippen molar-refractivity contribution in [2.24, 2.45) is 20.5 Å². The predicted molar refractivity (Wildman–Crippen MR) is 227 cm³/mol. The summed E-state index contributed by atoms with van der Waals surface area (Å²) in [5.74, 6) is -3.34. The second-order valence-electron chi connectivity index (χ2n) is 13.4. The van der Waals surface area contributed by atoms with E-state index in [0.717, 1.165) is 0 Å². The zero-order chi connectivity index (χ0) is 42.5. The Morgan fingerprint density at radius 1 is 0.483 bits per heavy atom. The number of rotatable bonds is 10. The van der Waals surface area contributed by atoms with E-state index in [1.54, 1.807) is 123 Å². The van der Waals surface area contributed by atoms with E-state index in [4.69, 9.17) is 9.47 Å². The lowest BCUT2D eigenvalue weighted by atomic mass is 10.0. The molecular weight excluding hydrogens is 765 g/mol. The summed E-state index contributed by atoms with van der Waals surface area (Å²) in [6.07, 6.45) is 0. The first kappa shape index (κ1) is 40.0. The van der Waals surface area contributed by atoms with Crippen LogP contribution in [0.3, 0.4) is 0 Å². The van der Waals surface area contributed by atoms with Crippen molar-refractivity contribution in [1.82, 2.24) is 0 Å². The van der Waals surface area contributed by atoms with Crippen molar-refractivity contribution in [3.8, 4) is 11.5 Å². The number of fused-ring (bicyclic) bond motifs is 2. The zero-order valence-corrected chi connectivity index (χ0v) is 32.7. The van der Waals surface area contributed by atoms with Crippen molar-refractivity contribution in [1.29, 1.82) is 0 Å². The number of phenolic OH excluding ortho intramolecular Hbond substituents is 2. The van der Waals surface area contributed by atoms with E-state index in [1.807, 2.05) is 0 Å². The summed E-state index contributed by atoms with van der Waals surface area (Å²) >= 11 is 0. The standard InChI is InChI=1S/C46H36N6O8/c1-25-26(2)36(48-44(56)34-24-28-14-6-8-16-30(28)40(42(34)54)52-50-38-20-12-10-18-32(38)46(58)60-4)22-21-35(25)47-43(55)33-23-27-13-5-7-15-29(27)39(41(33)53)51-49-37-19-11-9-17-31(37)45(57)59-3/h5-24,53-54H,1-4H3,(H,47,55)(H,48,56). The predicted octanol–water partition coefficient (Wildman–Crippen LogP) is 10.9. The molecule has 0 spiro atoms. The molecule has 298 valence electrons. The maximum absolute atomic E-state index is 13.8. The van der Waals surface area contributed by atoms with Gasteiger partial charge in [0.05, 0.1) is 36.5 Å². The van der Waals surface area contributed by atoms with Crippen LogP contribution >= 0.6 is 0 Å². The molecule has 7 rings (SSSR count). The van der Waals surface area contributed by atoms with Gasteiger partial charge in [-0.1, -0.05) is 72.8 Å². The molecule has 0 fully saturated rings. The number of carbonyl (C=O) groups is 4. The molecule has 0 saturated carbocycles. The molecule has 0 aliphatic rings. The smallest absolute Gasteiger partial charge is 0.340 e. The fourth-order valence-electron chi connectivity index (χ4n) is 6.55. The molecule has 0 aliphatic heterocycles. The highest BCUT2D eigenvalue weighted by molar-refractivity contribution is 6.14. The minimum atomic E-state index is -0.638. The minimum Gasteiger partial charge on any atom is -0.505 e. The topological polar surface area (TPSA) is 201 Å². The fourth-order valence-corrected chi connectivity index (χ4v) is 6.55. The van der Waals surface area contributed by atoms with Crippen LogP contribution < -0.4 is 10.6 Å². The number of ether oxygens (including phenoxy) is 2. The van der Waals surface area contributed by atoms with Crippen LogP contribution in [0, 0.1) is 13.8 Å². The van der Waals surface area contributed by atoms with E-state index in [2.05, 4.69) is 31.1 Å². The Balaban J connectivity index is 1.16. The minimum absolute atomic E-state index is 0.0245. The number of nitrogens with zero attached hydrogens (tertiary/aromatic N) is 4. The molecule has 7 aromatic carbocycles. The number of hydrogen-bond acceptors (Lipinski definition) is 12. The maximum Gasteiger partial charge on any atom is 0.340 e. The number of benzene rings is 7. The summed E-state index contributed by atoms with van der Waals surface area (Å²) < 4.78 is 9.72. The van der Waals surface area contributed by atoms with Crippen LogP contribution in [0.25, 0.3) is 21.5 Å². The highest BCUT2D eigenvalue weighted by Crippen LogP contribution is 2.42. The van der Waals surface area contributed by atoms with Gasteiger partial charge in [0.25, 0.3) is 11.8 Å². The van der Waals surface area contributed by atoms with Crippen molar-refractivity contribution in [2.45, 2.75) is 13.8 Å². The number of nitrogens with one attached hydrogen (secondary N) is 2. The number of methoxy groups -OCH3 is 2. The van der Waals surface area contributed by atoms with E-state index in [0.29, 0.717) is 44.0 Å². The van der Waals surface area contributed by atoms with Crippen LogP contribution in [0.2, 0.25) is 0 Å². The summed E-state index contributed by atoms with van der Waals surface area (Å²) in [6, 6.07) is 33.3. The molecule has 0 aromatic heterocycles. The van der Waals surface area contributed by atoms with Gasteiger partial charge < -0.3 is 30.3 Å². The third-order valence-electron chi connectivity index (χ3n) is 9.90. The fraction of sp³-hybridized carbons (Fsp3) is 0.0870. The number of hydrogen-bond donors (Lipinski definition) is 4. The van der Waals surface area contributed by atoms with Crippen molar-refractivity contribution in [2.75, 3.05) is 24.9 Å². The molecule has 4 N–H and O–H groups in total. The first-order valence-electron chi connectivity index (χ1n) is 18.4. The van der Waals surface area contributed by atoms with Crippen LogP contribution in [0.4, 0.5) is 34.1 Å². The molecule has 14 nitrogen and oxygen atoms in total. The number of amides is 2. The molecule has 14 heteroatoms. The summed E-state index contributed by atoms with van der Waals surface area (Å²) in [4.78, 5) is 52.3. The van der Waals surface area contributed by atoms with Crippen LogP contribution in [-0.4, -0.2) is 48.2 Å². The molecule has 0 unspecified atom stereocenters. The van der Waals surface area contributed by atoms with E-state index in [1.165, 1.54) is 26.4 Å². The first-order chi connectivity index (χ1) is 29.0. The summed E-state index contributed by atoms with van der Waals surface area (Å²) in [6.45, 7) is 3.52. The third kappa shape index (κ3) is 7.84. The van der Waals surface area contributed by atoms with Crippen LogP contribution in [-0.2, 0) is 9.47 Å². The summed E-state index contributed by atoms with van der Waals surface area (Å²) in [7, 11) is 2.51. The zero-order valence-electron chi connectivity index (χ0n) is 32.7. The van der Waals surface area contributed by atoms with E-state index < -0.39 is 35.3 Å². The van der Waals surface area contributed by atoms with Gasteiger partial charge in [0, 0.05) is 22.1 Å². The molecule has 7 aromatic rings. The van der Waals surface area contributed by atoms with Gasteiger partial charge >= 0.3 is 11.9 Å². The second-order valence-corrected chi connectivity index (χ2v) is 13.4. The van der Waals surface area contributed by atoms with Crippen molar-refractivity contribution in [3.05, 3.63) is 155 Å². The number of anilines is 2. The lowest BCUT2D eigenvalue weighted by Crippen LogP contribution is -2.16. The highest BCUT2D eigenvalue weighted by atomic mass is 16.5. The lowest BCUT2D eigenvalue weighted by Gasteiger charge is -2.17. The van der Waals surface area contributed by atoms with Crippen LogP contribution in [0.5, 0.6) is 11.5 Å². The van der Waals surface area contributed by atoms with Crippen LogP contribution in [0.15, 0.2) is 142 Å². The van der Waals surface area contributed by atoms with Crippen molar-refractivity contribution < 1.29 is 38.9 Å². The number of esters is 2. The molecule has 0 atom stereocenters. The normalized spacial score (nSPS) is 11.3. The number of phenols is 2. The Bertz CT molecular complexity index is 2740. The highest BCUT2D eigenvalue weighted by Gasteiger charge is 2.23. The Labute approximate surface area is 342 Å². The summed E-state index contributed by atoms with van der Waals surface area (Å²) in [5, 5.41) is 47.9. The average Bonchev–Trinajstić information content (AvgIpc) is 3.27. The lowest BCUT2D eigenvalue weighted by molar-refractivity contribution is 0.0592. The van der Waals surface area contributed by atoms with Crippen LogP contribution in [0.1, 0.15) is 52.6 Å². The second kappa shape index (κ2) is 17.1. The molecule has 0 radical (unpaired) electrons. The van der Waals surface area contributed by atoms with Crippen molar-refractivity contribution >= 4 is 79.4 Å². The van der Waals surface area contributed by atoms with Gasteiger partial charge in [-0.3, -0.25) is 9.59 Å². The molecular formula is C46H36N6O8. The maximum atomic E-state index is 13.8. The van der Waals surface area contributed by atoms with Gasteiger partial charge in [0.1, 0.15) is 22.7 Å². The molecule has 0 saturated heterocycles. The monoisotopic (exact) mass is 800 g/mol. The Hall–Kier alpha value is -8.26. The Kier molecular flexibility index (Phi) is 11.4. The van der Waals surface area contributed by atoms with Crippen molar-refractivity contribution in [3.63, 3.8) is 0 Å². The molecule has 0 heterocycles. The van der Waals surface area contributed by atoms with Gasteiger partial charge in [-0.15, -0.1) is 20.5 Å². The SMILES string of the molecule is COC(=O)c1ccccc1N=Nc1c(O)c(C(=O)Nc2ccc(NC(=O)c3cc4ccccc4c(N=Nc4ccccc4C(=O)OC)c3O)c(C)c2C)cc2ccccc12. The number of aromatic hydroxyl groups is 2. The molecule has 0 bridgehead atoms. The average molecular weight is 801 g/mol. The van der Waals surface area contributed by atoms with Gasteiger partial charge in [0.15, 0.2) is 11.5 Å². The quantitative estimate of drug-likeness (QED) is 0.0772. The summed E-state index contributed by atoms with van der Waals surface area (Å²) in [5.41, 5.74) is 2.70. The molecule has 0 aliphatic carbocycles. The number of carbonyl (C=O) groups excluding carboxylic acids is 4. The Morgan fingerprint density at radius 2 is 0.850 bits per heavy atom. The number of azo groups is 2. The van der Waals surface area contributed by atoms with Gasteiger partial charge in [-0.25, -0.2) is 9.59 Å². The third-order valence-corrected chi connectivity index (χ3v) is 9.90. The Morgan fingerprint density at radius 3 is 1.25 bits per heavy atom. The van der Waals surface area contributed by atoms with Gasteiger partial charge in [-0.2, -0.15) is 0 Å². The van der Waals surface area contributed by atoms with Gasteiger partial charge in [0.2, 0.25) is 0 Å². The largest absolute Gasteiger partial charge is 0.505 e. The molecule has 60 heavy (non-hydrogen) atoms. The first-order valence-corrected chi connectivity index (χ1v) is 18.4. The van der Waals surface area contributed by atoms with E-state index in [9.17, 15) is 29.4 Å². The van der Waals surface area contributed by atoms with E-state index in [-0.39, 0.29) is 45.0 Å². The molecule has 2 amide bonds.